The fourth-order valence-electron chi connectivity index (χ4n) is 4.95. The van der Waals surface area contributed by atoms with Gasteiger partial charge in [0.2, 0.25) is 0 Å². The van der Waals surface area contributed by atoms with Crippen LogP contribution in [-0.2, 0) is 12.1 Å². The number of aliphatic hydroxyl groups is 1. The molecule has 3 atom stereocenters. The molecule has 0 spiro atoms. The standard InChI is InChI=1S/C16H25ClN2O/c1-5-8-19-13(12(17)10-18-19)16(20)14(2,3)11-6-7-15(16,4)9-11/h10-11,20H,5-9H2,1-4H3. The topological polar surface area (TPSA) is 38.0 Å². The minimum Gasteiger partial charge on any atom is -0.382 e. The van der Waals surface area contributed by atoms with Crippen LogP contribution >= 0.6 is 11.6 Å². The number of hydrogen-bond donors (Lipinski definition) is 1. The lowest BCUT2D eigenvalue weighted by Gasteiger charge is -2.50. The van der Waals surface area contributed by atoms with Crippen LogP contribution in [-0.4, -0.2) is 14.9 Å². The Morgan fingerprint density at radius 1 is 1.45 bits per heavy atom. The van der Waals surface area contributed by atoms with E-state index in [4.69, 9.17) is 11.6 Å². The third kappa shape index (κ3) is 1.48. The van der Waals surface area contributed by atoms with Crippen LogP contribution in [0.3, 0.4) is 0 Å². The number of hydrogen-bond acceptors (Lipinski definition) is 2. The van der Waals surface area contributed by atoms with Crippen LogP contribution in [0.5, 0.6) is 0 Å². The van der Waals surface area contributed by atoms with Gasteiger partial charge in [0.25, 0.3) is 0 Å². The molecule has 4 heteroatoms. The zero-order valence-electron chi connectivity index (χ0n) is 12.9. The largest absolute Gasteiger partial charge is 0.382 e. The molecule has 2 fully saturated rings. The zero-order valence-corrected chi connectivity index (χ0v) is 13.7. The van der Waals surface area contributed by atoms with E-state index in [-0.39, 0.29) is 10.8 Å². The average molecular weight is 297 g/mol. The van der Waals surface area contributed by atoms with Gasteiger partial charge >= 0.3 is 0 Å². The molecular weight excluding hydrogens is 272 g/mol. The van der Waals surface area contributed by atoms with Crippen molar-refractivity contribution in [3.05, 3.63) is 16.9 Å². The molecule has 3 nitrogen and oxygen atoms in total. The van der Waals surface area contributed by atoms with Crippen molar-refractivity contribution in [1.82, 2.24) is 9.78 Å². The monoisotopic (exact) mass is 296 g/mol. The van der Waals surface area contributed by atoms with Gasteiger partial charge in [0.1, 0.15) is 5.60 Å². The van der Waals surface area contributed by atoms with E-state index in [0.717, 1.165) is 31.5 Å². The van der Waals surface area contributed by atoms with Gasteiger partial charge in [0.15, 0.2) is 0 Å². The highest BCUT2D eigenvalue weighted by Crippen LogP contribution is 2.72. The number of aryl methyl sites for hydroxylation is 1. The molecule has 20 heavy (non-hydrogen) atoms. The van der Waals surface area contributed by atoms with E-state index in [1.165, 1.54) is 6.42 Å². The van der Waals surface area contributed by atoms with E-state index in [1.54, 1.807) is 6.20 Å². The molecule has 0 radical (unpaired) electrons. The smallest absolute Gasteiger partial charge is 0.118 e. The SMILES string of the molecule is CCCn1ncc(Cl)c1C1(O)C2(C)CCC(C2)C1(C)C. The fourth-order valence-corrected chi connectivity index (χ4v) is 5.23. The Bertz CT molecular complexity index is 532. The number of aromatic nitrogens is 2. The quantitative estimate of drug-likeness (QED) is 0.916. The third-order valence-corrected chi connectivity index (χ3v) is 6.42. The van der Waals surface area contributed by atoms with Gasteiger partial charge in [-0.25, -0.2) is 0 Å². The second kappa shape index (κ2) is 4.23. The molecule has 1 heterocycles. The van der Waals surface area contributed by atoms with Crippen molar-refractivity contribution in [2.24, 2.45) is 16.7 Å². The minimum atomic E-state index is -0.883. The maximum atomic E-state index is 11.8. The highest BCUT2D eigenvalue weighted by atomic mass is 35.5. The Hall–Kier alpha value is -0.540. The maximum absolute atomic E-state index is 11.8. The van der Waals surface area contributed by atoms with Gasteiger partial charge < -0.3 is 5.11 Å². The molecular formula is C16H25ClN2O. The van der Waals surface area contributed by atoms with E-state index >= 15 is 0 Å². The Balaban J connectivity index is 2.19. The van der Waals surface area contributed by atoms with Gasteiger partial charge in [-0.2, -0.15) is 5.10 Å². The number of halogens is 1. The molecule has 1 aromatic rings. The van der Waals surface area contributed by atoms with Crippen molar-refractivity contribution < 1.29 is 5.11 Å². The van der Waals surface area contributed by atoms with Crippen LogP contribution in [0.15, 0.2) is 6.20 Å². The van der Waals surface area contributed by atoms with Crippen molar-refractivity contribution in [1.29, 1.82) is 0 Å². The molecule has 0 aromatic carbocycles. The lowest BCUT2D eigenvalue weighted by Crippen LogP contribution is -2.52. The van der Waals surface area contributed by atoms with E-state index < -0.39 is 5.60 Å². The average Bonchev–Trinajstić information content (AvgIpc) is 2.97. The van der Waals surface area contributed by atoms with Crippen LogP contribution in [0.2, 0.25) is 5.02 Å². The molecule has 3 rings (SSSR count). The Morgan fingerprint density at radius 3 is 2.70 bits per heavy atom. The molecule has 0 aliphatic heterocycles. The molecule has 0 saturated heterocycles. The summed E-state index contributed by atoms with van der Waals surface area (Å²) in [6.07, 6.45) is 6.05. The van der Waals surface area contributed by atoms with Gasteiger partial charge in [0.05, 0.1) is 16.9 Å². The van der Waals surface area contributed by atoms with Gasteiger partial charge in [0, 0.05) is 17.4 Å². The Labute approximate surface area is 126 Å². The first-order valence-corrected chi connectivity index (χ1v) is 8.10. The first-order valence-electron chi connectivity index (χ1n) is 7.72. The molecule has 3 unspecified atom stereocenters. The summed E-state index contributed by atoms with van der Waals surface area (Å²) >= 11 is 6.43. The normalized spacial score (nSPS) is 38.6. The van der Waals surface area contributed by atoms with E-state index in [2.05, 4.69) is 32.8 Å². The predicted octanol–water partition coefficient (Wildman–Crippen LogP) is 3.98. The van der Waals surface area contributed by atoms with Gasteiger partial charge in [-0.3, -0.25) is 4.68 Å². The summed E-state index contributed by atoms with van der Waals surface area (Å²) < 4.78 is 1.93. The zero-order chi connectivity index (χ0) is 14.8. The van der Waals surface area contributed by atoms with Gasteiger partial charge in [-0.15, -0.1) is 0 Å². The summed E-state index contributed by atoms with van der Waals surface area (Å²) in [6.45, 7) is 9.54. The Morgan fingerprint density at radius 2 is 2.15 bits per heavy atom. The molecule has 112 valence electrons. The highest BCUT2D eigenvalue weighted by molar-refractivity contribution is 6.31. The fraction of sp³-hybridized carbons (Fsp3) is 0.812. The maximum Gasteiger partial charge on any atom is 0.118 e. The second-order valence-electron chi connectivity index (χ2n) is 7.50. The molecule has 2 aliphatic carbocycles. The third-order valence-electron chi connectivity index (χ3n) is 6.14. The summed E-state index contributed by atoms with van der Waals surface area (Å²) in [5, 5.41) is 16.8. The van der Waals surface area contributed by atoms with Crippen LogP contribution < -0.4 is 0 Å². The van der Waals surface area contributed by atoms with Crippen molar-refractivity contribution >= 4 is 11.6 Å². The number of nitrogens with zero attached hydrogens (tertiary/aromatic N) is 2. The van der Waals surface area contributed by atoms with Gasteiger partial charge in [-0.05, 0) is 31.6 Å². The first-order chi connectivity index (χ1) is 9.28. The highest BCUT2D eigenvalue weighted by Gasteiger charge is 2.70. The van der Waals surface area contributed by atoms with E-state index in [0.29, 0.717) is 10.9 Å². The van der Waals surface area contributed by atoms with E-state index in [9.17, 15) is 5.11 Å². The summed E-state index contributed by atoms with van der Waals surface area (Å²) in [6, 6.07) is 0. The van der Waals surface area contributed by atoms with Crippen LogP contribution in [0.1, 0.15) is 59.1 Å². The Kier molecular flexibility index (Phi) is 3.05. The lowest BCUT2D eigenvalue weighted by molar-refractivity contribution is -0.156. The number of fused-ring (bicyclic) bond motifs is 2. The molecule has 2 aliphatic rings. The summed E-state index contributed by atoms with van der Waals surface area (Å²) in [5.41, 5.74) is -0.285. The molecule has 2 bridgehead atoms. The molecule has 2 saturated carbocycles. The minimum absolute atomic E-state index is 0.0870. The van der Waals surface area contributed by atoms with Gasteiger partial charge in [-0.1, -0.05) is 39.3 Å². The summed E-state index contributed by atoms with van der Waals surface area (Å²) in [7, 11) is 0. The van der Waals surface area contributed by atoms with Crippen molar-refractivity contribution in [3.8, 4) is 0 Å². The number of rotatable bonds is 3. The van der Waals surface area contributed by atoms with Crippen molar-refractivity contribution in [2.75, 3.05) is 0 Å². The molecule has 1 aromatic heterocycles. The summed E-state index contributed by atoms with van der Waals surface area (Å²) in [5.74, 6) is 0.568. The first kappa shape index (κ1) is 14.4. The van der Waals surface area contributed by atoms with Crippen molar-refractivity contribution in [3.63, 3.8) is 0 Å². The van der Waals surface area contributed by atoms with Crippen LogP contribution in [0.25, 0.3) is 0 Å². The van der Waals surface area contributed by atoms with Crippen LogP contribution in [0, 0.1) is 16.7 Å². The van der Waals surface area contributed by atoms with Crippen molar-refractivity contribution in [2.45, 2.75) is 65.5 Å². The molecule has 1 N–H and O–H groups in total. The van der Waals surface area contributed by atoms with E-state index in [1.807, 2.05) is 4.68 Å². The second-order valence-corrected chi connectivity index (χ2v) is 7.90. The predicted molar refractivity (Wildman–Crippen MR) is 80.7 cm³/mol. The lowest BCUT2D eigenvalue weighted by atomic mass is 9.59. The molecule has 0 amide bonds. The summed E-state index contributed by atoms with van der Waals surface area (Å²) in [4.78, 5) is 0. The van der Waals surface area contributed by atoms with Crippen LogP contribution in [0.4, 0.5) is 0 Å².